The Morgan fingerprint density at radius 2 is 1.74 bits per heavy atom. The summed E-state index contributed by atoms with van der Waals surface area (Å²) < 4.78 is 4.99. The number of pyridine rings is 1. The number of para-hydroxylation sites is 1. The van der Waals surface area contributed by atoms with Gasteiger partial charge in [0.2, 0.25) is 5.88 Å². The molecule has 0 aliphatic heterocycles. The molecule has 0 unspecified atom stereocenters. The van der Waals surface area contributed by atoms with Gasteiger partial charge in [-0.3, -0.25) is 9.59 Å². The molecule has 2 amide bonds. The molecule has 6 heteroatoms. The van der Waals surface area contributed by atoms with Crippen LogP contribution in [0.3, 0.4) is 0 Å². The quantitative estimate of drug-likeness (QED) is 0.722. The predicted molar refractivity (Wildman–Crippen MR) is 104 cm³/mol. The number of anilines is 2. The molecule has 3 aromatic rings. The number of aryl methyl sites for hydroxylation is 1. The number of carbonyl (C=O) groups excluding carboxylic acids is 2. The van der Waals surface area contributed by atoms with Gasteiger partial charge in [0, 0.05) is 18.0 Å². The Labute approximate surface area is 157 Å². The number of hydrogen-bond acceptors (Lipinski definition) is 4. The van der Waals surface area contributed by atoms with E-state index in [1.54, 1.807) is 36.4 Å². The fourth-order valence-corrected chi connectivity index (χ4v) is 2.54. The average molecular weight is 361 g/mol. The van der Waals surface area contributed by atoms with E-state index < -0.39 is 0 Å². The van der Waals surface area contributed by atoms with Gasteiger partial charge >= 0.3 is 0 Å². The van der Waals surface area contributed by atoms with Gasteiger partial charge in [-0.2, -0.15) is 0 Å². The van der Waals surface area contributed by atoms with E-state index in [-0.39, 0.29) is 11.8 Å². The van der Waals surface area contributed by atoms with E-state index in [2.05, 4.69) is 15.6 Å². The first-order valence-electron chi connectivity index (χ1n) is 8.35. The van der Waals surface area contributed by atoms with E-state index in [4.69, 9.17) is 4.74 Å². The number of methoxy groups -OCH3 is 1. The minimum Gasteiger partial charge on any atom is -0.481 e. The molecular formula is C21H19N3O3. The number of benzene rings is 2. The Kier molecular flexibility index (Phi) is 5.47. The molecule has 2 aromatic carbocycles. The van der Waals surface area contributed by atoms with E-state index in [0.717, 1.165) is 5.56 Å². The third kappa shape index (κ3) is 4.49. The van der Waals surface area contributed by atoms with Crippen LogP contribution in [0.1, 0.15) is 26.3 Å². The first-order chi connectivity index (χ1) is 13.1. The van der Waals surface area contributed by atoms with Crippen LogP contribution in [-0.4, -0.2) is 23.9 Å². The smallest absolute Gasteiger partial charge is 0.257 e. The van der Waals surface area contributed by atoms with Crippen LogP contribution >= 0.6 is 0 Å². The molecule has 1 aromatic heterocycles. The molecule has 0 fully saturated rings. The zero-order chi connectivity index (χ0) is 19.2. The summed E-state index contributed by atoms with van der Waals surface area (Å²) in [7, 11) is 1.51. The number of nitrogens with zero attached hydrogens (tertiary/aromatic N) is 1. The van der Waals surface area contributed by atoms with Crippen LogP contribution in [0, 0.1) is 6.92 Å². The van der Waals surface area contributed by atoms with Crippen molar-refractivity contribution in [2.45, 2.75) is 6.92 Å². The van der Waals surface area contributed by atoms with E-state index >= 15 is 0 Å². The molecule has 1 heterocycles. The Bertz CT molecular complexity index is 968. The van der Waals surface area contributed by atoms with Crippen LogP contribution in [0.4, 0.5) is 11.4 Å². The average Bonchev–Trinajstić information content (AvgIpc) is 2.68. The van der Waals surface area contributed by atoms with Gasteiger partial charge in [0.05, 0.1) is 23.9 Å². The Morgan fingerprint density at radius 1 is 0.926 bits per heavy atom. The lowest BCUT2D eigenvalue weighted by Gasteiger charge is -2.12. The molecule has 0 saturated carbocycles. The molecule has 0 spiro atoms. The molecular weight excluding hydrogens is 342 g/mol. The summed E-state index contributed by atoms with van der Waals surface area (Å²) >= 11 is 0. The van der Waals surface area contributed by atoms with Crippen molar-refractivity contribution in [2.75, 3.05) is 17.7 Å². The van der Waals surface area contributed by atoms with Crippen LogP contribution in [0.15, 0.2) is 66.9 Å². The Hall–Kier alpha value is -3.67. The number of nitrogens with one attached hydrogen (secondary N) is 2. The first-order valence-corrected chi connectivity index (χ1v) is 8.35. The molecule has 0 atom stereocenters. The Morgan fingerprint density at radius 3 is 2.44 bits per heavy atom. The summed E-state index contributed by atoms with van der Waals surface area (Å²) in [5.41, 5.74) is 2.89. The van der Waals surface area contributed by atoms with Gasteiger partial charge in [-0.25, -0.2) is 4.98 Å². The number of ether oxygens (including phenoxy) is 1. The van der Waals surface area contributed by atoms with Gasteiger partial charge in [-0.15, -0.1) is 0 Å². The highest BCUT2D eigenvalue weighted by Gasteiger charge is 2.14. The number of rotatable bonds is 5. The maximum atomic E-state index is 12.7. The topological polar surface area (TPSA) is 80.3 Å². The van der Waals surface area contributed by atoms with E-state index in [1.165, 1.54) is 13.3 Å². The first kappa shape index (κ1) is 18.1. The van der Waals surface area contributed by atoms with Crippen LogP contribution in [0.5, 0.6) is 5.88 Å². The zero-order valence-electron chi connectivity index (χ0n) is 15.0. The highest BCUT2D eigenvalue weighted by molar-refractivity contribution is 6.12. The number of aromatic nitrogens is 1. The van der Waals surface area contributed by atoms with Crippen LogP contribution in [0.2, 0.25) is 0 Å². The van der Waals surface area contributed by atoms with Crippen molar-refractivity contribution in [1.29, 1.82) is 0 Å². The fourth-order valence-electron chi connectivity index (χ4n) is 2.54. The number of carbonyl (C=O) groups is 2. The maximum absolute atomic E-state index is 12.7. The molecule has 2 N–H and O–H groups in total. The second kappa shape index (κ2) is 8.14. The summed E-state index contributed by atoms with van der Waals surface area (Å²) in [6.07, 6.45) is 1.42. The summed E-state index contributed by atoms with van der Waals surface area (Å²) in [5, 5.41) is 5.61. The highest BCUT2D eigenvalue weighted by atomic mass is 16.5. The van der Waals surface area contributed by atoms with Gasteiger partial charge in [0.15, 0.2) is 0 Å². The SMILES string of the molecule is COc1ccc(C(=O)Nc2ccccc2C(=O)Nc2cccc(C)c2)cn1. The second-order valence-corrected chi connectivity index (χ2v) is 5.91. The van der Waals surface area contributed by atoms with Crippen molar-refractivity contribution in [1.82, 2.24) is 4.98 Å². The number of amides is 2. The third-order valence-corrected chi connectivity index (χ3v) is 3.90. The normalized spacial score (nSPS) is 10.1. The zero-order valence-corrected chi connectivity index (χ0v) is 15.0. The monoisotopic (exact) mass is 361 g/mol. The largest absolute Gasteiger partial charge is 0.481 e. The van der Waals surface area contributed by atoms with Crippen molar-refractivity contribution >= 4 is 23.2 Å². The van der Waals surface area contributed by atoms with E-state index in [9.17, 15) is 9.59 Å². The molecule has 3 rings (SSSR count). The van der Waals surface area contributed by atoms with E-state index in [0.29, 0.717) is 28.4 Å². The molecule has 0 aliphatic rings. The standard InChI is InChI=1S/C21H19N3O3/c1-14-6-5-7-16(12-14)23-21(26)17-8-3-4-9-18(17)24-20(25)15-10-11-19(27-2)22-13-15/h3-13H,1-2H3,(H,23,26)(H,24,25). The van der Waals surface area contributed by atoms with Crippen molar-refractivity contribution in [2.24, 2.45) is 0 Å². The van der Waals surface area contributed by atoms with Crippen molar-refractivity contribution < 1.29 is 14.3 Å². The van der Waals surface area contributed by atoms with E-state index in [1.807, 2.05) is 31.2 Å². The maximum Gasteiger partial charge on any atom is 0.257 e. The van der Waals surface area contributed by atoms with Crippen LogP contribution in [-0.2, 0) is 0 Å². The molecule has 0 saturated heterocycles. The van der Waals surface area contributed by atoms with Gasteiger partial charge < -0.3 is 15.4 Å². The Balaban J connectivity index is 1.78. The molecule has 0 bridgehead atoms. The molecule has 27 heavy (non-hydrogen) atoms. The van der Waals surface area contributed by atoms with Crippen molar-refractivity contribution in [3.8, 4) is 5.88 Å². The highest BCUT2D eigenvalue weighted by Crippen LogP contribution is 2.19. The molecule has 0 aliphatic carbocycles. The summed E-state index contributed by atoms with van der Waals surface area (Å²) in [6.45, 7) is 1.95. The summed E-state index contributed by atoms with van der Waals surface area (Å²) in [4.78, 5) is 29.1. The lowest BCUT2D eigenvalue weighted by Crippen LogP contribution is -2.18. The molecule has 136 valence electrons. The van der Waals surface area contributed by atoms with Gasteiger partial charge in [0.25, 0.3) is 11.8 Å². The van der Waals surface area contributed by atoms with Crippen molar-refractivity contribution in [3.63, 3.8) is 0 Å². The summed E-state index contributed by atoms with van der Waals surface area (Å²) in [5.74, 6) is -0.241. The second-order valence-electron chi connectivity index (χ2n) is 5.91. The van der Waals surface area contributed by atoms with Gasteiger partial charge in [0.1, 0.15) is 0 Å². The van der Waals surface area contributed by atoms with Gasteiger partial charge in [-0.1, -0.05) is 24.3 Å². The lowest BCUT2D eigenvalue weighted by atomic mass is 10.1. The minimum absolute atomic E-state index is 0.302. The van der Waals surface area contributed by atoms with Crippen LogP contribution in [0.25, 0.3) is 0 Å². The lowest BCUT2D eigenvalue weighted by molar-refractivity contribution is 0.102. The predicted octanol–water partition coefficient (Wildman–Crippen LogP) is 3.90. The molecule has 6 nitrogen and oxygen atoms in total. The number of hydrogen-bond donors (Lipinski definition) is 2. The van der Waals surface area contributed by atoms with Crippen molar-refractivity contribution in [3.05, 3.63) is 83.6 Å². The van der Waals surface area contributed by atoms with Gasteiger partial charge in [-0.05, 0) is 42.8 Å². The molecule has 0 radical (unpaired) electrons. The fraction of sp³-hybridized carbons (Fsp3) is 0.0952. The minimum atomic E-state index is -0.360. The summed E-state index contributed by atoms with van der Waals surface area (Å²) in [6, 6.07) is 17.6. The van der Waals surface area contributed by atoms with Crippen LogP contribution < -0.4 is 15.4 Å². The third-order valence-electron chi connectivity index (χ3n) is 3.90.